The van der Waals surface area contributed by atoms with Gasteiger partial charge in [-0.1, -0.05) is 19.0 Å². The highest BCUT2D eigenvalue weighted by molar-refractivity contribution is 5.93. The van der Waals surface area contributed by atoms with Crippen LogP contribution in [0.5, 0.6) is 0 Å². The molecule has 0 saturated carbocycles. The Bertz CT molecular complexity index is 215. The quantitative estimate of drug-likeness (QED) is 0.258. The molecule has 0 radical (unpaired) electrons. The van der Waals surface area contributed by atoms with E-state index in [2.05, 4.69) is 10.5 Å². The number of amidine groups is 1. The summed E-state index contributed by atoms with van der Waals surface area (Å²) < 4.78 is 0. The van der Waals surface area contributed by atoms with Gasteiger partial charge in [-0.25, -0.2) is 0 Å². The molecule has 0 saturated heterocycles. The lowest BCUT2D eigenvalue weighted by Crippen LogP contribution is -2.54. The number of nitrogens with zero attached hydrogens (tertiary/aromatic N) is 1. The Morgan fingerprint density at radius 3 is 2.46 bits per heavy atom. The topological polar surface area (TPSA) is 87.7 Å². The summed E-state index contributed by atoms with van der Waals surface area (Å²) >= 11 is 0. The highest BCUT2D eigenvalue weighted by Crippen LogP contribution is 2.09. The third-order valence-electron chi connectivity index (χ3n) is 2.12. The first kappa shape index (κ1) is 11.7. The zero-order valence-corrected chi connectivity index (χ0v) is 8.29. The van der Waals surface area contributed by atoms with E-state index in [0.29, 0.717) is 12.8 Å². The lowest BCUT2D eigenvalue weighted by atomic mass is 9.97. The van der Waals surface area contributed by atoms with E-state index in [0.717, 1.165) is 0 Å². The van der Waals surface area contributed by atoms with Crippen molar-refractivity contribution in [3.8, 4) is 0 Å². The van der Waals surface area contributed by atoms with Crippen LogP contribution in [0.2, 0.25) is 0 Å². The number of hydrogen-bond donors (Lipinski definition) is 3. The lowest BCUT2D eigenvalue weighted by molar-refractivity contribution is -0.121. The summed E-state index contributed by atoms with van der Waals surface area (Å²) in [5.41, 5.74) is 4.70. The van der Waals surface area contributed by atoms with Gasteiger partial charge < -0.3 is 16.3 Å². The van der Waals surface area contributed by atoms with Gasteiger partial charge in [-0.05, 0) is 13.3 Å². The molecule has 13 heavy (non-hydrogen) atoms. The first-order valence-electron chi connectivity index (χ1n) is 4.29. The second-order valence-electron chi connectivity index (χ2n) is 3.07. The van der Waals surface area contributed by atoms with Crippen molar-refractivity contribution in [2.24, 2.45) is 10.9 Å². The van der Waals surface area contributed by atoms with E-state index in [-0.39, 0.29) is 11.7 Å². The van der Waals surface area contributed by atoms with Gasteiger partial charge in [-0.3, -0.25) is 4.79 Å². The van der Waals surface area contributed by atoms with E-state index in [1.807, 2.05) is 6.92 Å². The molecule has 0 rings (SSSR count). The van der Waals surface area contributed by atoms with Gasteiger partial charge in [-0.2, -0.15) is 0 Å². The summed E-state index contributed by atoms with van der Waals surface area (Å²) in [7, 11) is 0. The summed E-state index contributed by atoms with van der Waals surface area (Å²) in [6.07, 6.45) is 0.961. The molecule has 0 spiro atoms. The molecule has 0 aromatic carbocycles. The highest BCUT2D eigenvalue weighted by atomic mass is 16.4. The normalized spacial score (nSPS) is 16.4. The lowest BCUT2D eigenvalue weighted by Gasteiger charge is -2.27. The molecule has 0 bridgehead atoms. The minimum atomic E-state index is -0.748. The molecule has 0 heterocycles. The minimum absolute atomic E-state index is 0.0248. The van der Waals surface area contributed by atoms with Crippen LogP contribution in [0.4, 0.5) is 0 Å². The molecule has 5 nitrogen and oxygen atoms in total. The standard InChI is InChI=1S/C8H17N3O2/c1-4-6(12)10-8(3,5-2)7(9)11-13/h13H,4-5H2,1-3H3,(H2,9,11)(H,10,12). The Morgan fingerprint density at radius 1 is 1.62 bits per heavy atom. The molecule has 0 aromatic rings. The SMILES string of the molecule is CCC(=O)NC(C)(CC)C(N)=NO. The second kappa shape index (κ2) is 4.69. The zero-order valence-electron chi connectivity index (χ0n) is 8.29. The Morgan fingerprint density at radius 2 is 2.15 bits per heavy atom. The minimum Gasteiger partial charge on any atom is -0.409 e. The van der Waals surface area contributed by atoms with Crippen molar-refractivity contribution >= 4 is 11.7 Å². The van der Waals surface area contributed by atoms with Crippen LogP contribution in [0.1, 0.15) is 33.6 Å². The van der Waals surface area contributed by atoms with Gasteiger partial charge in [-0.15, -0.1) is 0 Å². The molecule has 1 unspecified atom stereocenters. The van der Waals surface area contributed by atoms with Gasteiger partial charge in [0.05, 0.1) is 5.54 Å². The highest BCUT2D eigenvalue weighted by Gasteiger charge is 2.28. The molecule has 0 aliphatic heterocycles. The molecule has 1 amide bonds. The second-order valence-corrected chi connectivity index (χ2v) is 3.07. The van der Waals surface area contributed by atoms with Crippen LogP contribution in [-0.4, -0.2) is 22.5 Å². The molecule has 4 N–H and O–H groups in total. The van der Waals surface area contributed by atoms with Crippen LogP contribution in [0.25, 0.3) is 0 Å². The van der Waals surface area contributed by atoms with Gasteiger partial charge in [0.25, 0.3) is 0 Å². The Labute approximate surface area is 78.0 Å². The molecule has 0 aromatic heterocycles. The maximum atomic E-state index is 11.1. The average molecular weight is 187 g/mol. The van der Waals surface area contributed by atoms with Gasteiger partial charge in [0.15, 0.2) is 5.84 Å². The van der Waals surface area contributed by atoms with Crippen LogP contribution in [0.15, 0.2) is 5.16 Å². The van der Waals surface area contributed by atoms with Crippen molar-refractivity contribution in [3.63, 3.8) is 0 Å². The first-order valence-corrected chi connectivity index (χ1v) is 4.29. The Hall–Kier alpha value is -1.26. The molecule has 1 atom stereocenters. The number of carbonyl (C=O) groups excluding carboxylic acids is 1. The smallest absolute Gasteiger partial charge is 0.220 e. The fourth-order valence-corrected chi connectivity index (χ4v) is 0.840. The summed E-state index contributed by atoms with van der Waals surface area (Å²) in [6, 6.07) is 0. The number of nitrogens with one attached hydrogen (secondary N) is 1. The summed E-state index contributed by atoms with van der Waals surface area (Å²) in [5.74, 6) is -0.0900. The number of amides is 1. The van der Waals surface area contributed by atoms with Crippen molar-refractivity contribution in [1.82, 2.24) is 5.32 Å². The van der Waals surface area contributed by atoms with Crippen molar-refractivity contribution < 1.29 is 10.0 Å². The molecule has 5 heteroatoms. The monoisotopic (exact) mass is 187 g/mol. The van der Waals surface area contributed by atoms with E-state index >= 15 is 0 Å². The predicted molar refractivity (Wildman–Crippen MR) is 50.5 cm³/mol. The van der Waals surface area contributed by atoms with E-state index in [9.17, 15) is 4.79 Å². The van der Waals surface area contributed by atoms with Gasteiger partial charge in [0.1, 0.15) is 0 Å². The number of carbonyl (C=O) groups is 1. The molecular formula is C8H17N3O2. The maximum Gasteiger partial charge on any atom is 0.220 e. The predicted octanol–water partition coefficient (Wildman–Crippen LogP) is 0.428. The molecule has 76 valence electrons. The van der Waals surface area contributed by atoms with Crippen LogP contribution in [-0.2, 0) is 4.79 Å². The number of oxime groups is 1. The Kier molecular flexibility index (Phi) is 4.23. The van der Waals surface area contributed by atoms with Crippen LogP contribution >= 0.6 is 0 Å². The number of hydrogen-bond acceptors (Lipinski definition) is 3. The molecular weight excluding hydrogens is 170 g/mol. The van der Waals surface area contributed by atoms with Crippen molar-refractivity contribution in [3.05, 3.63) is 0 Å². The fraction of sp³-hybridized carbons (Fsp3) is 0.750. The van der Waals surface area contributed by atoms with E-state index in [1.54, 1.807) is 13.8 Å². The largest absolute Gasteiger partial charge is 0.409 e. The average Bonchev–Trinajstić information content (AvgIpc) is 2.15. The number of nitrogens with two attached hydrogens (primary N) is 1. The third kappa shape index (κ3) is 2.93. The van der Waals surface area contributed by atoms with E-state index in [4.69, 9.17) is 10.9 Å². The van der Waals surface area contributed by atoms with E-state index in [1.165, 1.54) is 0 Å². The van der Waals surface area contributed by atoms with E-state index < -0.39 is 5.54 Å². The summed E-state index contributed by atoms with van der Waals surface area (Å²) in [5, 5.41) is 14.1. The van der Waals surface area contributed by atoms with Crippen LogP contribution in [0, 0.1) is 0 Å². The molecule has 0 aliphatic rings. The zero-order chi connectivity index (χ0) is 10.5. The first-order chi connectivity index (χ1) is 6.00. The van der Waals surface area contributed by atoms with Crippen LogP contribution in [0.3, 0.4) is 0 Å². The third-order valence-corrected chi connectivity index (χ3v) is 2.12. The maximum absolute atomic E-state index is 11.1. The summed E-state index contributed by atoms with van der Waals surface area (Å²) in [4.78, 5) is 11.1. The van der Waals surface area contributed by atoms with Gasteiger partial charge in [0.2, 0.25) is 5.91 Å². The Balaban J connectivity index is 4.55. The molecule has 0 fully saturated rings. The fourth-order valence-electron chi connectivity index (χ4n) is 0.840. The summed E-state index contributed by atoms with van der Waals surface area (Å²) in [6.45, 7) is 5.32. The number of rotatable bonds is 4. The van der Waals surface area contributed by atoms with Gasteiger partial charge in [0, 0.05) is 6.42 Å². The van der Waals surface area contributed by atoms with Crippen molar-refractivity contribution in [2.75, 3.05) is 0 Å². The molecule has 0 aliphatic carbocycles. The van der Waals surface area contributed by atoms with Gasteiger partial charge >= 0.3 is 0 Å². The van der Waals surface area contributed by atoms with Crippen molar-refractivity contribution in [1.29, 1.82) is 0 Å². The van der Waals surface area contributed by atoms with Crippen LogP contribution < -0.4 is 11.1 Å². The van der Waals surface area contributed by atoms with Crippen molar-refractivity contribution in [2.45, 2.75) is 39.2 Å².